The first-order valence-corrected chi connectivity index (χ1v) is 5.09. The Morgan fingerprint density at radius 2 is 2.12 bits per heavy atom. The molecule has 0 aliphatic rings. The number of benzene rings is 1. The molecule has 1 aromatic rings. The smallest absolute Gasteiger partial charge is 0.381 e. The van der Waals surface area contributed by atoms with Crippen LogP contribution in [0.4, 0.5) is 8.78 Å². The zero-order chi connectivity index (χ0) is 12.3. The monoisotopic (exact) mass is 248 g/mol. The number of ether oxygens (including phenoxy) is 1. The highest BCUT2D eigenvalue weighted by Gasteiger charge is 2.43. The number of halogens is 3. The van der Waals surface area contributed by atoms with Gasteiger partial charge in [-0.1, -0.05) is 23.7 Å². The number of esters is 1. The molecule has 5 heteroatoms. The number of carbonyl (C=O) groups is 1. The zero-order valence-corrected chi connectivity index (χ0v) is 9.65. The maximum absolute atomic E-state index is 13.6. The summed E-state index contributed by atoms with van der Waals surface area (Å²) in [6, 6.07) is 4.03. The lowest BCUT2D eigenvalue weighted by Crippen LogP contribution is -2.29. The highest BCUT2D eigenvalue weighted by molar-refractivity contribution is 6.31. The van der Waals surface area contributed by atoms with Gasteiger partial charge in [-0.3, -0.25) is 0 Å². The molecule has 2 nitrogen and oxygen atoms in total. The van der Waals surface area contributed by atoms with Crippen molar-refractivity contribution in [1.29, 1.82) is 0 Å². The van der Waals surface area contributed by atoms with E-state index in [0.29, 0.717) is 0 Å². The maximum atomic E-state index is 13.6. The summed E-state index contributed by atoms with van der Waals surface area (Å²) >= 11 is 5.72. The van der Waals surface area contributed by atoms with Gasteiger partial charge in [0.05, 0.1) is 6.61 Å². The predicted molar refractivity (Wildman–Crippen MR) is 56.7 cm³/mol. The Bertz CT molecular complexity index is 405. The van der Waals surface area contributed by atoms with Crippen LogP contribution in [-0.2, 0) is 15.5 Å². The minimum Gasteiger partial charge on any atom is -0.461 e. The largest absolute Gasteiger partial charge is 0.461 e. The molecule has 1 rings (SSSR count). The van der Waals surface area contributed by atoms with Crippen molar-refractivity contribution in [2.45, 2.75) is 19.8 Å². The van der Waals surface area contributed by atoms with E-state index >= 15 is 0 Å². The molecule has 0 saturated heterocycles. The average molecular weight is 249 g/mol. The number of hydrogen-bond acceptors (Lipinski definition) is 2. The normalized spacial score (nSPS) is 11.3. The van der Waals surface area contributed by atoms with Crippen LogP contribution >= 0.6 is 11.6 Å². The molecule has 0 bridgehead atoms. The third kappa shape index (κ3) is 2.32. The zero-order valence-electron chi connectivity index (χ0n) is 8.89. The van der Waals surface area contributed by atoms with E-state index in [1.807, 2.05) is 0 Å². The fourth-order valence-corrected chi connectivity index (χ4v) is 1.45. The van der Waals surface area contributed by atoms with E-state index in [0.717, 1.165) is 6.07 Å². The van der Waals surface area contributed by atoms with Crippen molar-refractivity contribution in [1.82, 2.24) is 0 Å². The number of alkyl halides is 2. The molecule has 0 fully saturated rings. The van der Waals surface area contributed by atoms with E-state index < -0.39 is 17.5 Å². The van der Waals surface area contributed by atoms with Gasteiger partial charge >= 0.3 is 11.9 Å². The van der Waals surface area contributed by atoms with Crippen LogP contribution in [-0.4, -0.2) is 12.6 Å². The summed E-state index contributed by atoms with van der Waals surface area (Å²) in [6.07, 6.45) is 0. The van der Waals surface area contributed by atoms with Crippen LogP contribution in [0.2, 0.25) is 5.02 Å². The van der Waals surface area contributed by atoms with Crippen LogP contribution in [0.25, 0.3) is 0 Å². The molecule has 0 spiro atoms. The maximum Gasteiger partial charge on any atom is 0.381 e. The molecular weight excluding hydrogens is 238 g/mol. The van der Waals surface area contributed by atoms with Crippen LogP contribution in [0.15, 0.2) is 18.2 Å². The Morgan fingerprint density at radius 3 is 2.69 bits per heavy atom. The number of hydrogen-bond donors (Lipinski definition) is 0. The Morgan fingerprint density at radius 1 is 1.50 bits per heavy atom. The molecule has 0 aliphatic heterocycles. The number of rotatable bonds is 3. The van der Waals surface area contributed by atoms with Crippen molar-refractivity contribution in [2.75, 3.05) is 6.61 Å². The van der Waals surface area contributed by atoms with E-state index in [1.54, 1.807) is 0 Å². The summed E-state index contributed by atoms with van der Waals surface area (Å²) in [5, 5.41) is 0.196. The Hall–Kier alpha value is -1.16. The summed E-state index contributed by atoms with van der Waals surface area (Å²) in [7, 11) is 0. The lowest BCUT2D eigenvalue weighted by atomic mass is 10.0. The minimum absolute atomic E-state index is 0.0892. The fourth-order valence-electron chi connectivity index (χ4n) is 1.28. The van der Waals surface area contributed by atoms with Crippen molar-refractivity contribution in [3.05, 3.63) is 34.3 Å². The summed E-state index contributed by atoms with van der Waals surface area (Å²) in [5.41, 5.74) is -0.235. The molecule has 0 heterocycles. The van der Waals surface area contributed by atoms with Crippen LogP contribution in [0.3, 0.4) is 0 Å². The second kappa shape index (κ2) is 4.78. The highest BCUT2D eigenvalue weighted by atomic mass is 35.5. The number of carbonyl (C=O) groups excluding carboxylic acids is 1. The standard InChI is InChI=1S/C11H11ClF2O2/c1-3-16-10(15)11(13,14)8-5-4-6-9(12)7(8)2/h4-6H,3H2,1-2H3. The summed E-state index contributed by atoms with van der Waals surface area (Å²) in [6.45, 7) is 2.82. The van der Waals surface area contributed by atoms with Crippen molar-refractivity contribution >= 4 is 17.6 Å². The first-order valence-electron chi connectivity index (χ1n) is 4.71. The lowest BCUT2D eigenvalue weighted by molar-refractivity contribution is -0.173. The third-order valence-corrected chi connectivity index (χ3v) is 2.55. The van der Waals surface area contributed by atoms with Gasteiger partial charge in [-0.2, -0.15) is 8.78 Å². The van der Waals surface area contributed by atoms with E-state index in [2.05, 4.69) is 4.74 Å². The molecule has 0 radical (unpaired) electrons. The van der Waals surface area contributed by atoms with Crippen molar-refractivity contribution in [2.24, 2.45) is 0 Å². The van der Waals surface area contributed by atoms with Crippen LogP contribution < -0.4 is 0 Å². The fraction of sp³-hybridized carbons (Fsp3) is 0.364. The van der Waals surface area contributed by atoms with Gasteiger partial charge in [0.2, 0.25) is 0 Å². The van der Waals surface area contributed by atoms with Gasteiger partial charge in [0, 0.05) is 10.6 Å². The summed E-state index contributed by atoms with van der Waals surface area (Å²) < 4.78 is 31.6. The van der Waals surface area contributed by atoms with Gasteiger partial charge in [0.1, 0.15) is 0 Å². The van der Waals surface area contributed by atoms with Gasteiger partial charge in [0.25, 0.3) is 0 Å². The molecule has 0 atom stereocenters. The van der Waals surface area contributed by atoms with Crippen LogP contribution in [0.5, 0.6) is 0 Å². The first-order chi connectivity index (χ1) is 7.41. The summed E-state index contributed by atoms with van der Waals surface area (Å²) in [5.74, 6) is -5.22. The SMILES string of the molecule is CCOC(=O)C(F)(F)c1cccc(Cl)c1C. The van der Waals surface area contributed by atoms with Gasteiger partial charge in [-0.25, -0.2) is 4.79 Å². The van der Waals surface area contributed by atoms with Crippen LogP contribution in [0, 0.1) is 6.92 Å². The molecule has 88 valence electrons. The second-order valence-corrected chi connectivity index (χ2v) is 3.61. The van der Waals surface area contributed by atoms with Crippen molar-refractivity contribution < 1.29 is 18.3 Å². The van der Waals surface area contributed by atoms with Crippen LogP contribution in [0.1, 0.15) is 18.1 Å². The molecule has 16 heavy (non-hydrogen) atoms. The Labute approximate surface area is 97.2 Å². The molecular formula is C11H11ClF2O2. The molecule has 1 aromatic carbocycles. The minimum atomic E-state index is -3.66. The quantitative estimate of drug-likeness (QED) is 0.767. The van der Waals surface area contributed by atoms with Gasteiger partial charge < -0.3 is 4.74 Å². The van der Waals surface area contributed by atoms with Crippen molar-refractivity contribution in [3.63, 3.8) is 0 Å². The van der Waals surface area contributed by atoms with E-state index in [4.69, 9.17) is 11.6 Å². The van der Waals surface area contributed by atoms with E-state index in [-0.39, 0.29) is 17.2 Å². The molecule has 0 amide bonds. The first kappa shape index (κ1) is 12.9. The molecule has 0 aromatic heterocycles. The lowest BCUT2D eigenvalue weighted by Gasteiger charge is -2.17. The molecule has 0 saturated carbocycles. The molecule has 0 aliphatic carbocycles. The molecule has 0 N–H and O–H groups in total. The Kier molecular flexibility index (Phi) is 3.86. The second-order valence-electron chi connectivity index (χ2n) is 3.21. The predicted octanol–water partition coefficient (Wildman–Crippen LogP) is 3.30. The van der Waals surface area contributed by atoms with Gasteiger partial charge in [-0.05, 0) is 25.5 Å². The van der Waals surface area contributed by atoms with Gasteiger partial charge in [0.15, 0.2) is 0 Å². The topological polar surface area (TPSA) is 26.3 Å². The van der Waals surface area contributed by atoms with Gasteiger partial charge in [-0.15, -0.1) is 0 Å². The molecule has 0 unspecified atom stereocenters. The Balaban J connectivity index is 3.16. The highest BCUT2D eigenvalue weighted by Crippen LogP contribution is 2.34. The van der Waals surface area contributed by atoms with Crippen molar-refractivity contribution in [3.8, 4) is 0 Å². The van der Waals surface area contributed by atoms with E-state index in [9.17, 15) is 13.6 Å². The third-order valence-electron chi connectivity index (χ3n) is 2.14. The van der Waals surface area contributed by atoms with E-state index in [1.165, 1.54) is 26.0 Å². The summed E-state index contributed by atoms with van der Waals surface area (Å²) in [4.78, 5) is 11.1. The average Bonchev–Trinajstić information content (AvgIpc) is 2.22.